The van der Waals surface area contributed by atoms with Gasteiger partial charge >= 0.3 is 5.69 Å². The molecule has 0 radical (unpaired) electrons. The van der Waals surface area contributed by atoms with Crippen LogP contribution in [0.1, 0.15) is 38.3 Å². The van der Waals surface area contributed by atoms with E-state index in [1.54, 1.807) is 22.4 Å². The fraction of sp³-hybridized carbons (Fsp3) is 0.250. The Morgan fingerprint density at radius 2 is 1.92 bits per heavy atom. The minimum Gasteiger partial charge on any atom is -0.479 e. The molecule has 194 valence electrons. The zero-order chi connectivity index (χ0) is 27.7. The van der Waals surface area contributed by atoms with E-state index in [1.807, 2.05) is 68.5 Å². The van der Waals surface area contributed by atoms with Gasteiger partial charge in [0.1, 0.15) is 11.8 Å². The topological polar surface area (TPSA) is 96.6 Å². The maximum Gasteiger partial charge on any atom is 0.333 e. The zero-order valence-corrected chi connectivity index (χ0v) is 22.5. The first-order valence-corrected chi connectivity index (χ1v) is 12.9. The molecule has 39 heavy (non-hydrogen) atoms. The fourth-order valence-electron chi connectivity index (χ4n) is 4.92. The highest BCUT2D eigenvalue weighted by molar-refractivity contribution is 6.04. The number of allylic oxidation sites excluding steroid dienone is 5. The third-order valence-corrected chi connectivity index (χ3v) is 7.20. The third-order valence-electron chi connectivity index (χ3n) is 7.20. The molecule has 2 aromatic carbocycles. The predicted octanol–water partition coefficient (Wildman–Crippen LogP) is 6.08. The number of rotatable bonds is 5. The Bertz CT molecular complexity index is 1820. The van der Waals surface area contributed by atoms with Crippen molar-refractivity contribution < 1.29 is 4.74 Å². The van der Waals surface area contributed by atoms with E-state index in [1.165, 1.54) is 0 Å². The Hall–Kier alpha value is -4.88. The lowest BCUT2D eigenvalue weighted by Gasteiger charge is -2.16. The Morgan fingerprint density at radius 3 is 2.64 bits per heavy atom. The molecule has 7 heteroatoms. The van der Waals surface area contributed by atoms with Gasteiger partial charge in [0.25, 0.3) is 0 Å². The van der Waals surface area contributed by atoms with Gasteiger partial charge in [-0.15, -0.1) is 0 Å². The number of hydrogen-bond donors (Lipinski definition) is 0. The van der Waals surface area contributed by atoms with Crippen LogP contribution in [0.4, 0.5) is 0 Å². The average Bonchev–Trinajstić information content (AvgIpc) is 3.19. The smallest absolute Gasteiger partial charge is 0.333 e. The Morgan fingerprint density at radius 1 is 1.15 bits per heavy atom. The number of fused-ring (bicyclic) bond motifs is 3. The Labute approximate surface area is 227 Å². The van der Waals surface area contributed by atoms with E-state index in [0.717, 1.165) is 50.7 Å². The van der Waals surface area contributed by atoms with Crippen molar-refractivity contribution >= 4 is 27.5 Å². The van der Waals surface area contributed by atoms with Gasteiger partial charge in [-0.3, -0.25) is 14.1 Å². The van der Waals surface area contributed by atoms with Crippen LogP contribution in [-0.2, 0) is 17.2 Å². The molecule has 1 aliphatic rings. The molecule has 1 unspecified atom stereocenters. The number of aryl methyl sites for hydroxylation is 1. The molecule has 5 rings (SSSR count). The summed E-state index contributed by atoms with van der Waals surface area (Å²) in [5.41, 5.74) is 5.01. The van der Waals surface area contributed by atoms with E-state index in [2.05, 4.69) is 36.2 Å². The Balaban J connectivity index is 1.72. The second-order valence-electron chi connectivity index (χ2n) is 10.4. The maximum absolute atomic E-state index is 13.5. The van der Waals surface area contributed by atoms with E-state index in [-0.39, 0.29) is 12.3 Å². The minimum absolute atomic E-state index is 0.0259. The molecule has 0 bridgehead atoms. The van der Waals surface area contributed by atoms with Crippen LogP contribution >= 0.6 is 0 Å². The number of benzene rings is 2. The summed E-state index contributed by atoms with van der Waals surface area (Å²) in [6.45, 7) is 5.88. The molecule has 0 saturated heterocycles. The number of aromatic nitrogens is 3. The van der Waals surface area contributed by atoms with E-state index < -0.39 is 5.41 Å². The van der Waals surface area contributed by atoms with Gasteiger partial charge in [0, 0.05) is 12.4 Å². The summed E-state index contributed by atoms with van der Waals surface area (Å²) in [6.07, 6.45) is 10.7. The molecule has 0 fully saturated rings. The largest absolute Gasteiger partial charge is 0.479 e. The van der Waals surface area contributed by atoms with Gasteiger partial charge in [-0.1, -0.05) is 37.3 Å². The van der Waals surface area contributed by atoms with Crippen molar-refractivity contribution in [2.75, 3.05) is 6.61 Å². The number of imidazole rings is 1. The summed E-state index contributed by atoms with van der Waals surface area (Å²) in [6, 6.07) is 18.0. The highest BCUT2D eigenvalue weighted by atomic mass is 16.5. The molecule has 0 N–H and O–H groups in total. The second-order valence-corrected chi connectivity index (χ2v) is 10.4. The van der Waals surface area contributed by atoms with Crippen molar-refractivity contribution in [3.63, 3.8) is 0 Å². The van der Waals surface area contributed by atoms with E-state index >= 15 is 0 Å². The zero-order valence-electron chi connectivity index (χ0n) is 22.5. The third kappa shape index (κ3) is 4.76. The van der Waals surface area contributed by atoms with E-state index in [4.69, 9.17) is 10.00 Å². The van der Waals surface area contributed by atoms with Crippen LogP contribution in [0.15, 0.2) is 83.5 Å². The Kier molecular flexibility index (Phi) is 6.68. The molecular weight excluding hydrogens is 486 g/mol. The quantitative estimate of drug-likeness (QED) is 0.321. The van der Waals surface area contributed by atoms with Gasteiger partial charge in [0.2, 0.25) is 0 Å². The van der Waals surface area contributed by atoms with Crippen LogP contribution in [0.2, 0.25) is 0 Å². The highest BCUT2D eigenvalue weighted by Gasteiger charge is 2.21. The predicted molar refractivity (Wildman–Crippen MR) is 153 cm³/mol. The molecule has 1 aliphatic carbocycles. The fourth-order valence-corrected chi connectivity index (χ4v) is 4.92. The SMILES string of the molecule is CC1C=C(c2ccc3ncc4c(c3c2)n(-c2ccc(C(C)(C)C#N)cc2)c(=O)n4C)C=C(OCC#N)C=CC1. The van der Waals surface area contributed by atoms with E-state index in [9.17, 15) is 10.1 Å². The average molecular weight is 516 g/mol. The second kappa shape index (κ2) is 10.1. The molecule has 7 nitrogen and oxygen atoms in total. The first kappa shape index (κ1) is 25.8. The van der Waals surface area contributed by atoms with Crippen molar-refractivity contribution in [1.82, 2.24) is 14.1 Å². The standard InChI is InChI=1S/C32H29N5O2/c1-21-6-5-7-26(39-15-14-33)17-23(16-21)22-8-13-28-27(18-22)30-29(19-35-28)36(4)31(38)37(30)25-11-9-24(10-12-25)32(2,3)20-34/h5,7-13,16-19,21H,6,15H2,1-4H3. The first-order chi connectivity index (χ1) is 18.7. The van der Waals surface area contributed by atoms with Gasteiger partial charge in [-0.2, -0.15) is 10.5 Å². The molecule has 2 aromatic heterocycles. The molecule has 0 aliphatic heterocycles. The van der Waals surface area contributed by atoms with Gasteiger partial charge in [0.05, 0.1) is 39.9 Å². The van der Waals surface area contributed by atoms with Crippen LogP contribution < -0.4 is 5.69 Å². The molecule has 0 spiro atoms. The van der Waals surface area contributed by atoms with Gasteiger partial charge < -0.3 is 4.74 Å². The summed E-state index contributed by atoms with van der Waals surface area (Å²) in [4.78, 5) is 18.2. The molecule has 4 aromatic rings. The molecule has 2 heterocycles. The van der Waals surface area contributed by atoms with Gasteiger partial charge in [-0.25, -0.2) is 4.79 Å². The van der Waals surface area contributed by atoms with Crippen LogP contribution in [0.25, 0.3) is 33.2 Å². The van der Waals surface area contributed by atoms with Gasteiger partial charge in [-0.05, 0) is 79.3 Å². The number of pyridine rings is 1. The highest BCUT2D eigenvalue weighted by Crippen LogP contribution is 2.31. The van der Waals surface area contributed by atoms with Crippen molar-refractivity contribution in [2.24, 2.45) is 13.0 Å². The van der Waals surface area contributed by atoms with Gasteiger partial charge in [0.15, 0.2) is 6.61 Å². The number of ether oxygens (including phenoxy) is 1. The lowest BCUT2D eigenvalue weighted by molar-refractivity contribution is 0.266. The van der Waals surface area contributed by atoms with Crippen LogP contribution in [0.5, 0.6) is 0 Å². The minimum atomic E-state index is -0.630. The van der Waals surface area contributed by atoms with Crippen LogP contribution in [0, 0.1) is 28.6 Å². The monoisotopic (exact) mass is 515 g/mol. The summed E-state index contributed by atoms with van der Waals surface area (Å²) < 4.78 is 8.96. The van der Waals surface area contributed by atoms with Crippen molar-refractivity contribution in [3.8, 4) is 17.8 Å². The number of nitriles is 2. The van der Waals surface area contributed by atoms with Crippen LogP contribution in [-0.4, -0.2) is 20.7 Å². The van der Waals surface area contributed by atoms with Crippen LogP contribution in [0.3, 0.4) is 0 Å². The number of hydrogen-bond acceptors (Lipinski definition) is 5. The number of nitrogens with zero attached hydrogens (tertiary/aromatic N) is 5. The summed E-state index contributed by atoms with van der Waals surface area (Å²) in [5, 5.41) is 19.4. The summed E-state index contributed by atoms with van der Waals surface area (Å²) >= 11 is 0. The molecule has 0 amide bonds. The lowest BCUT2D eigenvalue weighted by Crippen LogP contribution is -2.21. The normalized spacial score (nSPS) is 15.7. The lowest BCUT2D eigenvalue weighted by atomic mass is 9.86. The van der Waals surface area contributed by atoms with E-state index in [0.29, 0.717) is 11.7 Å². The summed E-state index contributed by atoms with van der Waals surface area (Å²) in [7, 11) is 1.75. The van der Waals surface area contributed by atoms with Crippen molar-refractivity contribution in [2.45, 2.75) is 32.6 Å². The first-order valence-electron chi connectivity index (χ1n) is 12.9. The summed E-state index contributed by atoms with van der Waals surface area (Å²) in [5.74, 6) is 0.934. The van der Waals surface area contributed by atoms with Crippen molar-refractivity contribution in [3.05, 3.63) is 100 Å². The maximum atomic E-state index is 13.5. The molecular formula is C32H29N5O2. The molecule has 1 atom stereocenters. The van der Waals surface area contributed by atoms with Crippen molar-refractivity contribution in [1.29, 1.82) is 10.5 Å². The molecule has 0 saturated carbocycles.